The Labute approximate surface area is 108 Å². The Morgan fingerprint density at radius 3 is 2.39 bits per heavy atom. The Morgan fingerprint density at radius 1 is 1.06 bits per heavy atom. The maximum Gasteiger partial charge on any atom is 0.115 e. The highest BCUT2D eigenvalue weighted by molar-refractivity contribution is 5.71. The Bertz CT molecular complexity index is 594. The van der Waals surface area contributed by atoms with Crippen molar-refractivity contribution in [1.29, 1.82) is 0 Å². The summed E-state index contributed by atoms with van der Waals surface area (Å²) in [7, 11) is 0. The van der Waals surface area contributed by atoms with Crippen LogP contribution >= 0.6 is 0 Å². The van der Waals surface area contributed by atoms with E-state index in [2.05, 4.69) is 30.9 Å². The molecule has 0 aliphatic heterocycles. The fraction of sp³-hybridized carbons (Fsp3) is 0.0588. The molecule has 2 rings (SSSR count). The summed E-state index contributed by atoms with van der Waals surface area (Å²) in [5, 5.41) is 9.43. The van der Waals surface area contributed by atoms with Crippen LogP contribution in [0.15, 0.2) is 61.2 Å². The molecule has 0 saturated heterocycles. The van der Waals surface area contributed by atoms with Crippen molar-refractivity contribution in [3.8, 4) is 11.1 Å². The SMILES string of the molecule is C=C(O)c1cccc(-c2cccc(C=CC)c2)c1. The van der Waals surface area contributed by atoms with E-state index in [0.717, 1.165) is 16.7 Å². The van der Waals surface area contributed by atoms with Gasteiger partial charge in [-0.1, -0.05) is 55.1 Å². The summed E-state index contributed by atoms with van der Waals surface area (Å²) in [4.78, 5) is 0. The zero-order valence-corrected chi connectivity index (χ0v) is 10.4. The van der Waals surface area contributed by atoms with Crippen molar-refractivity contribution < 1.29 is 5.11 Å². The molecular formula is C17H16O. The monoisotopic (exact) mass is 236 g/mol. The highest BCUT2D eigenvalue weighted by Crippen LogP contribution is 2.23. The Hall–Kier alpha value is -2.28. The van der Waals surface area contributed by atoms with E-state index in [1.54, 1.807) is 0 Å². The first-order valence-corrected chi connectivity index (χ1v) is 5.92. The van der Waals surface area contributed by atoms with E-state index in [-0.39, 0.29) is 5.76 Å². The second kappa shape index (κ2) is 5.37. The summed E-state index contributed by atoms with van der Waals surface area (Å²) in [5.74, 6) is 0.0986. The molecule has 90 valence electrons. The van der Waals surface area contributed by atoms with Crippen molar-refractivity contribution in [2.45, 2.75) is 6.92 Å². The van der Waals surface area contributed by atoms with E-state index in [1.165, 1.54) is 5.56 Å². The molecule has 1 heteroatoms. The molecule has 0 amide bonds. The van der Waals surface area contributed by atoms with Crippen LogP contribution in [-0.4, -0.2) is 5.11 Å². The van der Waals surface area contributed by atoms with Crippen molar-refractivity contribution >= 4 is 11.8 Å². The first-order chi connectivity index (χ1) is 8.70. The topological polar surface area (TPSA) is 20.2 Å². The van der Waals surface area contributed by atoms with E-state index in [1.807, 2.05) is 43.3 Å². The van der Waals surface area contributed by atoms with Crippen molar-refractivity contribution in [2.24, 2.45) is 0 Å². The van der Waals surface area contributed by atoms with E-state index >= 15 is 0 Å². The van der Waals surface area contributed by atoms with E-state index in [0.29, 0.717) is 0 Å². The van der Waals surface area contributed by atoms with Gasteiger partial charge < -0.3 is 5.11 Å². The van der Waals surface area contributed by atoms with Crippen molar-refractivity contribution in [3.05, 3.63) is 72.3 Å². The molecule has 0 radical (unpaired) electrons. The normalized spacial score (nSPS) is 10.7. The summed E-state index contributed by atoms with van der Waals surface area (Å²) >= 11 is 0. The fourth-order valence-corrected chi connectivity index (χ4v) is 1.89. The lowest BCUT2D eigenvalue weighted by Crippen LogP contribution is -1.84. The molecule has 0 aromatic heterocycles. The van der Waals surface area contributed by atoms with Gasteiger partial charge in [0.2, 0.25) is 0 Å². The van der Waals surface area contributed by atoms with Crippen molar-refractivity contribution in [2.75, 3.05) is 0 Å². The maximum absolute atomic E-state index is 9.43. The lowest BCUT2D eigenvalue weighted by molar-refractivity contribution is 0.514. The number of benzene rings is 2. The number of aliphatic hydroxyl groups excluding tert-OH is 1. The van der Waals surface area contributed by atoms with Gasteiger partial charge in [0.1, 0.15) is 5.76 Å². The van der Waals surface area contributed by atoms with E-state index in [9.17, 15) is 5.11 Å². The van der Waals surface area contributed by atoms with Gasteiger partial charge >= 0.3 is 0 Å². The van der Waals surface area contributed by atoms with E-state index < -0.39 is 0 Å². The maximum atomic E-state index is 9.43. The lowest BCUT2D eigenvalue weighted by atomic mass is 10.0. The largest absolute Gasteiger partial charge is 0.508 e. The second-order valence-electron chi connectivity index (χ2n) is 4.15. The Balaban J connectivity index is 2.45. The summed E-state index contributed by atoms with van der Waals surface area (Å²) in [6, 6.07) is 16.0. The van der Waals surface area contributed by atoms with Gasteiger partial charge in [-0.3, -0.25) is 0 Å². The highest BCUT2D eigenvalue weighted by atomic mass is 16.3. The number of allylic oxidation sites excluding steroid dienone is 1. The molecule has 0 atom stereocenters. The zero-order valence-electron chi connectivity index (χ0n) is 10.4. The summed E-state index contributed by atoms with van der Waals surface area (Å²) in [6.07, 6.45) is 4.09. The van der Waals surface area contributed by atoms with Crippen molar-refractivity contribution in [3.63, 3.8) is 0 Å². The van der Waals surface area contributed by atoms with Crippen LogP contribution in [0.3, 0.4) is 0 Å². The van der Waals surface area contributed by atoms with Crippen LogP contribution in [0.25, 0.3) is 23.0 Å². The minimum absolute atomic E-state index is 0.0986. The van der Waals surface area contributed by atoms with Crippen LogP contribution in [0, 0.1) is 0 Å². The molecule has 0 saturated carbocycles. The first kappa shape index (κ1) is 12.2. The number of hydrogen-bond acceptors (Lipinski definition) is 1. The van der Waals surface area contributed by atoms with Crippen LogP contribution in [0.5, 0.6) is 0 Å². The molecule has 18 heavy (non-hydrogen) atoms. The molecule has 0 aliphatic carbocycles. The quantitative estimate of drug-likeness (QED) is 0.750. The minimum Gasteiger partial charge on any atom is -0.508 e. The molecule has 0 spiro atoms. The standard InChI is InChI=1S/C17H16O/c1-3-6-14-7-4-9-16(11-14)17-10-5-8-15(12-17)13(2)18/h3-12,18H,2H2,1H3. The van der Waals surface area contributed by atoms with Crippen LogP contribution in [-0.2, 0) is 0 Å². The van der Waals surface area contributed by atoms with Crippen LogP contribution in [0.2, 0.25) is 0 Å². The van der Waals surface area contributed by atoms with E-state index in [4.69, 9.17) is 0 Å². The molecule has 1 N–H and O–H groups in total. The number of rotatable bonds is 3. The number of aliphatic hydroxyl groups is 1. The average Bonchev–Trinajstić information content (AvgIpc) is 2.39. The summed E-state index contributed by atoms with van der Waals surface area (Å²) in [6.45, 7) is 5.55. The molecule has 0 heterocycles. The third-order valence-corrected chi connectivity index (χ3v) is 2.77. The van der Waals surface area contributed by atoms with Gasteiger partial charge in [-0.05, 0) is 35.7 Å². The second-order valence-corrected chi connectivity index (χ2v) is 4.15. The van der Waals surface area contributed by atoms with Crippen LogP contribution < -0.4 is 0 Å². The van der Waals surface area contributed by atoms with Gasteiger partial charge in [-0.2, -0.15) is 0 Å². The third kappa shape index (κ3) is 2.69. The van der Waals surface area contributed by atoms with Crippen molar-refractivity contribution in [1.82, 2.24) is 0 Å². The van der Waals surface area contributed by atoms with Gasteiger partial charge in [0.25, 0.3) is 0 Å². The molecule has 2 aromatic rings. The molecule has 0 unspecified atom stereocenters. The van der Waals surface area contributed by atoms with Crippen LogP contribution in [0.1, 0.15) is 18.1 Å². The molecule has 2 aromatic carbocycles. The van der Waals surface area contributed by atoms with Gasteiger partial charge in [0, 0.05) is 5.56 Å². The fourth-order valence-electron chi connectivity index (χ4n) is 1.89. The number of hydrogen-bond donors (Lipinski definition) is 1. The average molecular weight is 236 g/mol. The summed E-state index contributed by atoms with van der Waals surface area (Å²) in [5.41, 5.74) is 4.13. The molecular weight excluding hydrogens is 220 g/mol. The Morgan fingerprint density at radius 2 is 1.72 bits per heavy atom. The first-order valence-electron chi connectivity index (χ1n) is 5.92. The molecule has 0 aliphatic rings. The van der Waals surface area contributed by atoms with Gasteiger partial charge in [0.05, 0.1) is 0 Å². The highest BCUT2D eigenvalue weighted by Gasteiger charge is 2.01. The zero-order chi connectivity index (χ0) is 13.0. The lowest BCUT2D eigenvalue weighted by Gasteiger charge is -2.05. The predicted molar refractivity (Wildman–Crippen MR) is 78.2 cm³/mol. The minimum atomic E-state index is 0.0986. The van der Waals surface area contributed by atoms with Crippen LogP contribution in [0.4, 0.5) is 0 Å². The molecule has 1 nitrogen and oxygen atoms in total. The smallest absolute Gasteiger partial charge is 0.115 e. The van der Waals surface area contributed by atoms with Gasteiger partial charge in [0.15, 0.2) is 0 Å². The van der Waals surface area contributed by atoms with Gasteiger partial charge in [-0.25, -0.2) is 0 Å². The summed E-state index contributed by atoms with van der Waals surface area (Å²) < 4.78 is 0. The van der Waals surface area contributed by atoms with Gasteiger partial charge in [-0.15, -0.1) is 0 Å². The molecule has 0 bridgehead atoms. The Kier molecular flexibility index (Phi) is 3.63. The predicted octanol–water partition coefficient (Wildman–Crippen LogP) is 4.92. The molecule has 0 fully saturated rings. The third-order valence-electron chi connectivity index (χ3n) is 2.77.